The molecule has 1 aliphatic rings. The van der Waals surface area contributed by atoms with Crippen LogP contribution in [0, 0.1) is 12.7 Å². The van der Waals surface area contributed by atoms with Crippen molar-refractivity contribution in [2.45, 2.75) is 31.3 Å². The Bertz CT molecular complexity index is 1190. The molecule has 0 saturated heterocycles. The second-order valence-electron chi connectivity index (χ2n) is 7.96. The number of fused-ring (bicyclic) bond motifs is 1. The first-order chi connectivity index (χ1) is 16.9. The van der Waals surface area contributed by atoms with Crippen molar-refractivity contribution in [1.82, 2.24) is 9.97 Å². The molecule has 184 valence electrons. The van der Waals surface area contributed by atoms with Gasteiger partial charge in [0.15, 0.2) is 17.4 Å². The zero-order valence-corrected chi connectivity index (χ0v) is 20.5. The van der Waals surface area contributed by atoms with Gasteiger partial charge in [0.25, 0.3) is 5.91 Å². The van der Waals surface area contributed by atoms with Crippen molar-refractivity contribution in [3.8, 4) is 23.0 Å². The molecule has 1 N–H and O–H groups in total. The summed E-state index contributed by atoms with van der Waals surface area (Å²) in [6, 6.07) is 7.61. The van der Waals surface area contributed by atoms with Crippen molar-refractivity contribution in [2.24, 2.45) is 0 Å². The van der Waals surface area contributed by atoms with Crippen LogP contribution in [0.15, 0.2) is 47.6 Å². The molecule has 10 heteroatoms. The van der Waals surface area contributed by atoms with E-state index in [1.54, 1.807) is 44.1 Å². The van der Waals surface area contributed by atoms with Crippen LogP contribution in [0.2, 0.25) is 0 Å². The number of nitrogens with one attached hydrogen (secondary N) is 1. The van der Waals surface area contributed by atoms with Gasteiger partial charge in [-0.05, 0) is 38.5 Å². The van der Waals surface area contributed by atoms with Crippen LogP contribution in [-0.4, -0.2) is 48.1 Å². The van der Waals surface area contributed by atoms with Crippen LogP contribution in [0.4, 0.5) is 10.2 Å². The third-order valence-corrected chi connectivity index (χ3v) is 6.06. The Labute approximate surface area is 207 Å². The number of thioether (sulfide) groups is 1. The summed E-state index contributed by atoms with van der Waals surface area (Å²) in [4.78, 5) is 22.0. The number of methoxy groups -OCH3 is 1. The topological polar surface area (TPSA) is 91.8 Å². The summed E-state index contributed by atoms with van der Waals surface area (Å²) in [6.45, 7) is 4.54. The molecule has 0 saturated carbocycles. The number of halogens is 1. The van der Waals surface area contributed by atoms with Crippen LogP contribution >= 0.6 is 11.8 Å². The lowest BCUT2D eigenvalue weighted by Gasteiger charge is -2.17. The largest absolute Gasteiger partial charge is 0.492 e. The van der Waals surface area contributed by atoms with E-state index in [0.717, 1.165) is 22.8 Å². The Morgan fingerprint density at radius 1 is 1.20 bits per heavy atom. The Balaban J connectivity index is 1.63. The lowest BCUT2D eigenvalue weighted by molar-refractivity contribution is 0.0915. The second-order valence-corrected chi connectivity index (χ2v) is 9.09. The molecular weight excluding hydrogens is 473 g/mol. The van der Waals surface area contributed by atoms with Crippen LogP contribution < -0.4 is 19.5 Å². The molecule has 0 radical (unpaired) electrons. The van der Waals surface area contributed by atoms with E-state index >= 15 is 0 Å². The van der Waals surface area contributed by atoms with E-state index in [2.05, 4.69) is 15.3 Å². The lowest BCUT2D eigenvalue weighted by atomic mass is 10.2. The van der Waals surface area contributed by atoms with E-state index in [-0.39, 0.29) is 23.2 Å². The van der Waals surface area contributed by atoms with Gasteiger partial charge >= 0.3 is 0 Å². The number of nitrogens with zero attached hydrogens (tertiary/aromatic N) is 2. The minimum absolute atomic E-state index is 0.0101. The van der Waals surface area contributed by atoms with E-state index in [4.69, 9.17) is 18.9 Å². The van der Waals surface area contributed by atoms with Crippen LogP contribution in [-0.2, 0) is 4.74 Å². The van der Waals surface area contributed by atoms with Crippen LogP contribution in [0.5, 0.6) is 23.0 Å². The highest BCUT2D eigenvalue weighted by Crippen LogP contribution is 2.39. The van der Waals surface area contributed by atoms with Gasteiger partial charge in [-0.1, -0.05) is 0 Å². The van der Waals surface area contributed by atoms with Crippen molar-refractivity contribution in [3.63, 3.8) is 0 Å². The molecule has 0 spiro atoms. The van der Waals surface area contributed by atoms with Gasteiger partial charge in [-0.2, -0.15) is 0 Å². The van der Waals surface area contributed by atoms with Crippen LogP contribution in [0.1, 0.15) is 29.4 Å². The fraction of sp³-hybridized carbons (Fsp3) is 0.320. The van der Waals surface area contributed by atoms with E-state index in [0.29, 0.717) is 30.5 Å². The maximum Gasteiger partial charge on any atom is 0.257 e. The summed E-state index contributed by atoms with van der Waals surface area (Å²) in [5, 5.41) is 2.70. The summed E-state index contributed by atoms with van der Waals surface area (Å²) in [6.07, 6.45) is 3.61. The van der Waals surface area contributed by atoms with Gasteiger partial charge in [-0.15, -0.1) is 11.8 Å². The summed E-state index contributed by atoms with van der Waals surface area (Å²) >= 11 is 1.54. The molecule has 2 heterocycles. The van der Waals surface area contributed by atoms with Gasteiger partial charge in [-0.25, -0.2) is 9.37 Å². The summed E-state index contributed by atoms with van der Waals surface area (Å²) in [7, 11) is 1.57. The summed E-state index contributed by atoms with van der Waals surface area (Å²) < 4.78 is 37.5. The predicted octanol–water partition coefficient (Wildman–Crippen LogP) is 5.26. The SMILES string of the molecule is COCC(C)Oc1cc(Oc2cc3c(cc2F)SCCCO3)cc(C(=O)Nc2cnc(C)cn2)c1. The van der Waals surface area contributed by atoms with Gasteiger partial charge in [0.05, 0.1) is 36.2 Å². The molecule has 1 atom stereocenters. The molecule has 4 rings (SSSR count). The van der Waals surface area contributed by atoms with Gasteiger partial charge in [0.2, 0.25) is 0 Å². The molecule has 1 amide bonds. The van der Waals surface area contributed by atoms with Crippen molar-refractivity contribution in [3.05, 3.63) is 59.8 Å². The standard InChI is InChI=1S/C25H26FN3O5S/c1-15-12-28-24(13-27-15)29-25(30)17-7-18(33-16(2)14-31-3)9-19(8-17)34-21-11-22-23(10-20(21)26)35-6-4-5-32-22/h7-13,16H,4-6,14H2,1-3H3,(H,28,29,30). The number of rotatable bonds is 8. The maximum absolute atomic E-state index is 14.8. The smallest absolute Gasteiger partial charge is 0.257 e. The summed E-state index contributed by atoms with van der Waals surface area (Å²) in [5.41, 5.74) is 0.970. The Kier molecular flexibility index (Phi) is 8.04. The normalized spacial score (nSPS) is 13.7. The number of amides is 1. The average molecular weight is 500 g/mol. The molecule has 8 nitrogen and oxygen atoms in total. The summed E-state index contributed by atoms with van der Waals surface area (Å²) in [5.74, 6) is 1.34. The zero-order chi connectivity index (χ0) is 24.8. The quantitative estimate of drug-likeness (QED) is 0.449. The van der Waals surface area contributed by atoms with Crippen LogP contribution in [0.3, 0.4) is 0 Å². The number of carbonyl (C=O) groups excluding carboxylic acids is 1. The van der Waals surface area contributed by atoms with E-state index < -0.39 is 11.7 Å². The highest BCUT2D eigenvalue weighted by molar-refractivity contribution is 7.99. The monoisotopic (exact) mass is 499 g/mol. The number of aromatic nitrogens is 2. The fourth-order valence-electron chi connectivity index (χ4n) is 3.35. The van der Waals surface area contributed by atoms with E-state index in [1.165, 1.54) is 24.4 Å². The fourth-order valence-corrected chi connectivity index (χ4v) is 4.28. The van der Waals surface area contributed by atoms with Gasteiger partial charge < -0.3 is 24.3 Å². The highest BCUT2D eigenvalue weighted by atomic mass is 32.2. The predicted molar refractivity (Wildman–Crippen MR) is 130 cm³/mol. The number of ether oxygens (including phenoxy) is 4. The van der Waals surface area contributed by atoms with Gasteiger partial charge in [0.1, 0.15) is 23.4 Å². The van der Waals surface area contributed by atoms with Crippen LogP contribution in [0.25, 0.3) is 0 Å². The van der Waals surface area contributed by atoms with Gasteiger partial charge in [0, 0.05) is 30.6 Å². The second kappa shape index (κ2) is 11.4. The molecule has 0 fully saturated rings. The maximum atomic E-state index is 14.8. The molecule has 35 heavy (non-hydrogen) atoms. The minimum Gasteiger partial charge on any atom is -0.492 e. The first kappa shape index (κ1) is 24.7. The third-order valence-electron chi connectivity index (χ3n) is 4.93. The van der Waals surface area contributed by atoms with E-state index in [1.807, 2.05) is 6.92 Å². The molecule has 3 aromatic rings. The molecular formula is C25H26FN3O5S. The highest BCUT2D eigenvalue weighted by Gasteiger charge is 2.18. The minimum atomic E-state index is -0.526. The molecule has 1 aromatic heterocycles. The first-order valence-electron chi connectivity index (χ1n) is 11.1. The number of benzene rings is 2. The van der Waals surface area contributed by atoms with Crippen molar-refractivity contribution >= 4 is 23.5 Å². The molecule has 0 bridgehead atoms. The number of aryl methyl sites for hydroxylation is 1. The number of carbonyl (C=O) groups is 1. The molecule has 1 unspecified atom stereocenters. The average Bonchev–Trinajstić information content (AvgIpc) is 3.05. The first-order valence-corrected chi connectivity index (χ1v) is 12.1. The molecule has 1 aliphatic heterocycles. The molecule has 0 aliphatic carbocycles. The number of hydrogen-bond acceptors (Lipinski definition) is 8. The van der Waals surface area contributed by atoms with Crippen molar-refractivity contribution in [1.29, 1.82) is 0 Å². The van der Waals surface area contributed by atoms with E-state index in [9.17, 15) is 9.18 Å². The van der Waals surface area contributed by atoms with Crippen molar-refractivity contribution in [2.75, 3.05) is 31.4 Å². The zero-order valence-electron chi connectivity index (χ0n) is 19.7. The Morgan fingerprint density at radius 3 is 2.80 bits per heavy atom. The van der Waals surface area contributed by atoms with Gasteiger partial charge in [-0.3, -0.25) is 9.78 Å². The van der Waals surface area contributed by atoms with Crippen molar-refractivity contribution < 1.29 is 28.1 Å². The molecule has 2 aromatic carbocycles. The Hall–Kier alpha value is -3.37. The Morgan fingerprint density at radius 2 is 2.03 bits per heavy atom. The lowest BCUT2D eigenvalue weighted by Crippen LogP contribution is -2.19. The number of anilines is 1. The third kappa shape index (κ3) is 6.61. The number of hydrogen-bond donors (Lipinski definition) is 1.